The van der Waals surface area contributed by atoms with Crippen LogP contribution in [-0.4, -0.2) is 35.3 Å². The second-order valence-electron chi connectivity index (χ2n) is 8.98. The molecule has 188 valence electrons. The van der Waals surface area contributed by atoms with Gasteiger partial charge in [-0.15, -0.1) is 0 Å². The SMILES string of the molecule is CCc1ccc([C@@H](C(=O)NC2CCCCC2)N(C(=O)CNC(=O)c2ccco2)c2cccnc2)cc1. The molecule has 36 heavy (non-hydrogen) atoms. The molecule has 3 amide bonds. The summed E-state index contributed by atoms with van der Waals surface area (Å²) in [5, 5.41) is 5.79. The van der Waals surface area contributed by atoms with E-state index in [2.05, 4.69) is 22.5 Å². The van der Waals surface area contributed by atoms with Crippen molar-refractivity contribution in [3.63, 3.8) is 0 Å². The fraction of sp³-hybridized carbons (Fsp3) is 0.357. The summed E-state index contributed by atoms with van der Waals surface area (Å²) in [5.74, 6) is -1.08. The van der Waals surface area contributed by atoms with Gasteiger partial charge in [-0.3, -0.25) is 24.3 Å². The van der Waals surface area contributed by atoms with Crippen molar-refractivity contribution in [2.24, 2.45) is 0 Å². The van der Waals surface area contributed by atoms with E-state index in [0.717, 1.165) is 37.7 Å². The van der Waals surface area contributed by atoms with Crippen LogP contribution in [-0.2, 0) is 16.0 Å². The Balaban J connectivity index is 1.65. The van der Waals surface area contributed by atoms with Gasteiger partial charge in [0.2, 0.25) is 11.8 Å². The zero-order chi connectivity index (χ0) is 25.3. The molecule has 2 N–H and O–H groups in total. The summed E-state index contributed by atoms with van der Waals surface area (Å²) in [6.45, 7) is 1.75. The molecule has 2 heterocycles. The largest absolute Gasteiger partial charge is 0.459 e. The summed E-state index contributed by atoms with van der Waals surface area (Å²) in [5.41, 5.74) is 2.29. The number of pyridine rings is 1. The van der Waals surface area contributed by atoms with E-state index < -0.39 is 17.9 Å². The van der Waals surface area contributed by atoms with Gasteiger partial charge < -0.3 is 15.1 Å². The van der Waals surface area contributed by atoms with Crippen molar-refractivity contribution in [3.8, 4) is 0 Å². The molecule has 1 saturated carbocycles. The molecule has 8 heteroatoms. The first-order valence-corrected chi connectivity index (χ1v) is 12.5. The highest BCUT2D eigenvalue weighted by atomic mass is 16.3. The molecular formula is C28H32N4O4. The number of carbonyl (C=O) groups is 3. The molecule has 8 nitrogen and oxygen atoms in total. The van der Waals surface area contributed by atoms with Crippen LogP contribution in [0.25, 0.3) is 0 Å². The highest BCUT2D eigenvalue weighted by Crippen LogP contribution is 2.29. The monoisotopic (exact) mass is 488 g/mol. The fourth-order valence-electron chi connectivity index (χ4n) is 4.55. The molecule has 1 fully saturated rings. The number of hydrogen-bond donors (Lipinski definition) is 2. The predicted molar refractivity (Wildman–Crippen MR) is 136 cm³/mol. The van der Waals surface area contributed by atoms with Crippen LogP contribution in [0, 0.1) is 0 Å². The van der Waals surface area contributed by atoms with Gasteiger partial charge in [-0.2, -0.15) is 0 Å². The normalized spacial score (nSPS) is 14.6. The number of carbonyl (C=O) groups excluding carboxylic acids is 3. The maximum absolute atomic E-state index is 13.8. The molecule has 0 spiro atoms. The van der Waals surface area contributed by atoms with Gasteiger partial charge in [0.15, 0.2) is 5.76 Å². The van der Waals surface area contributed by atoms with Crippen LogP contribution in [0.4, 0.5) is 5.69 Å². The Bertz CT molecular complexity index is 1140. The number of nitrogens with zero attached hydrogens (tertiary/aromatic N) is 2. The molecule has 0 radical (unpaired) electrons. The predicted octanol–water partition coefficient (Wildman–Crippen LogP) is 4.19. The average molecular weight is 489 g/mol. The number of nitrogens with one attached hydrogen (secondary N) is 2. The average Bonchev–Trinajstić information content (AvgIpc) is 3.46. The molecule has 1 atom stereocenters. The number of aryl methyl sites for hydroxylation is 1. The van der Waals surface area contributed by atoms with E-state index in [1.165, 1.54) is 23.7 Å². The van der Waals surface area contributed by atoms with Crippen molar-refractivity contribution in [1.82, 2.24) is 15.6 Å². The standard InChI is InChI=1S/C28H32N4O4/c1-2-20-12-14-21(15-13-20)26(28(35)31-22-8-4-3-5-9-22)32(23-10-6-16-29-18-23)25(33)19-30-27(34)24-11-7-17-36-24/h6-7,10-18,22,26H,2-5,8-9,19H2,1H3,(H,30,34)(H,31,35)/t26-/m0/s1. The first kappa shape index (κ1) is 25.2. The summed E-state index contributed by atoms with van der Waals surface area (Å²) in [7, 11) is 0. The van der Waals surface area contributed by atoms with Crippen LogP contribution in [0.1, 0.15) is 66.8 Å². The molecule has 3 aromatic rings. The van der Waals surface area contributed by atoms with Crippen molar-refractivity contribution in [3.05, 3.63) is 84.1 Å². The van der Waals surface area contributed by atoms with E-state index in [4.69, 9.17) is 4.42 Å². The van der Waals surface area contributed by atoms with Crippen molar-refractivity contribution in [2.75, 3.05) is 11.4 Å². The minimum Gasteiger partial charge on any atom is -0.459 e. The zero-order valence-corrected chi connectivity index (χ0v) is 20.5. The third kappa shape index (κ3) is 6.19. The summed E-state index contributed by atoms with van der Waals surface area (Å²) in [4.78, 5) is 45.4. The Morgan fingerprint density at radius 1 is 1.06 bits per heavy atom. The van der Waals surface area contributed by atoms with E-state index in [1.807, 2.05) is 24.3 Å². The van der Waals surface area contributed by atoms with Crippen LogP contribution in [0.3, 0.4) is 0 Å². The molecule has 0 unspecified atom stereocenters. The van der Waals surface area contributed by atoms with Gasteiger partial charge in [-0.25, -0.2) is 0 Å². The Morgan fingerprint density at radius 2 is 1.83 bits per heavy atom. The second kappa shape index (κ2) is 12.2. The van der Waals surface area contributed by atoms with Gasteiger partial charge in [0, 0.05) is 12.2 Å². The third-order valence-electron chi connectivity index (χ3n) is 6.50. The molecule has 1 aliphatic rings. The van der Waals surface area contributed by atoms with E-state index in [9.17, 15) is 14.4 Å². The van der Waals surface area contributed by atoms with Crippen LogP contribution in [0.5, 0.6) is 0 Å². The van der Waals surface area contributed by atoms with Crippen molar-refractivity contribution >= 4 is 23.4 Å². The van der Waals surface area contributed by atoms with E-state index in [-0.39, 0.29) is 24.3 Å². The number of rotatable bonds is 9. The van der Waals surface area contributed by atoms with Gasteiger partial charge >= 0.3 is 0 Å². The van der Waals surface area contributed by atoms with Gasteiger partial charge in [-0.05, 0) is 54.7 Å². The Morgan fingerprint density at radius 3 is 2.47 bits per heavy atom. The lowest BCUT2D eigenvalue weighted by molar-refractivity contribution is -0.127. The number of aromatic nitrogens is 1. The van der Waals surface area contributed by atoms with Gasteiger partial charge in [0.25, 0.3) is 5.91 Å². The van der Waals surface area contributed by atoms with E-state index >= 15 is 0 Å². The lowest BCUT2D eigenvalue weighted by Gasteiger charge is -2.33. The summed E-state index contributed by atoms with van der Waals surface area (Å²) in [6.07, 6.45) is 10.6. The van der Waals surface area contributed by atoms with Crippen LogP contribution < -0.4 is 15.5 Å². The summed E-state index contributed by atoms with van der Waals surface area (Å²) >= 11 is 0. The minimum absolute atomic E-state index is 0.0770. The Hall–Kier alpha value is -3.94. The Labute approximate surface area is 211 Å². The van der Waals surface area contributed by atoms with Gasteiger partial charge in [-0.1, -0.05) is 50.5 Å². The first-order valence-electron chi connectivity index (χ1n) is 12.5. The van der Waals surface area contributed by atoms with Gasteiger partial charge in [0.05, 0.1) is 24.7 Å². The van der Waals surface area contributed by atoms with Crippen LogP contribution in [0.15, 0.2) is 71.6 Å². The molecule has 4 rings (SSSR count). The van der Waals surface area contributed by atoms with Crippen LogP contribution in [0.2, 0.25) is 0 Å². The lowest BCUT2D eigenvalue weighted by atomic mass is 9.94. The molecule has 0 saturated heterocycles. The highest BCUT2D eigenvalue weighted by molar-refractivity contribution is 6.04. The third-order valence-corrected chi connectivity index (χ3v) is 6.50. The van der Waals surface area contributed by atoms with Gasteiger partial charge in [0.1, 0.15) is 6.04 Å². The number of anilines is 1. The topological polar surface area (TPSA) is 105 Å². The quantitative estimate of drug-likeness (QED) is 0.470. The van der Waals surface area contributed by atoms with Crippen molar-refractivity contribution in [2.45, 2.75) is 57.5 Å². The van der Waals surface area contributed by atoms with E-state index in [0.29, 0.717) is 11.3 Å². The van der Waals surface area contributed by atoms with E-state index in [1.54, 1.807) is 30.6 Å². The molecule has 1 aromatic carbocycles. The van der Waals surface area contributed by atoms with Crippen LogP contribution >= 0.6 is 0 Å². The maximum Gasteiger partial charge on any atom is 0.287 e. The molecule has 2 aromatic heterocycles. The molecule has 0 aliphatic heterocycles. The Kier molecular flexibility index (Phi) is 8.49. The minimum atomic E-state index is -0.921. The number of amides is 3. The summed E-state index contributed by atoms with van der Waals surface area (Å²) < 4.78 is 5.12. The van der Waals surface area contributed by atoms with Crippen molar-refractivity contribution in [1.29, 1.82) is 0 Å². The highest BCUT2D eigenvalue weighted by Gasteiger charge is 2.34. The molecule has 1 aliphatic carbocycles. The maximum atomic E-state index is 13.8. The number of hydrogen-bond acceptors (Lipinski definition) is 5. The number of benzene rings is 1. The smallest absolute Gasteiger partial charge is 0.287 e. The number of furan rings is 1. The lowest BCUT2D eigenvalue weighted by Crippen LogP contribution is -2.49. The first-order chi connectivity index (χ1) is 17.6. The second-order valence-corrected chi connectivity index (χ2v) is 8.98. The fourth-order valence-corrected chi connectivity index (χ4v) is 4.55. The van der Waals surface area contributed by atoms with Crippen molar-refractivity contribution < 1.29 is 18.8 Å². The molecular weight excluding hydrogens is 456 g/mol. The summed E-state index contributed by atoms with van der Waals surface area (Å²) in [6, 6.07) is 13.5. The molecule has 0 bridgehead atoms. The zero-order valence-electron chi connectivity index (χ0n) is 20.5.